The van der Waals surface area contributed by atoms with Gasteiger partial charge in [0, 0.05) is 17.8 Å². The van der Waals surface area contributed by atoms with Crippen LogP contribution in [0.5, 0.6) is 0 Å². The average Bonchev–Trinajstić information content (AvgIpc) is 2.64. The van der Waals surface area contributed by atoms with Crippen LogP contribution in [0.15, 0.2) is 54.6 Å². The van der Waals surface area contributed by atoms with E-state index in [2.05, 4.69) is 0 Å². The number of anilines is 1. The largest absolute Gasteiger partial charge is 0.430 e. The number of carbonyl (C=O) groups is 1. The summed E-state index contributed by atoms with van der Waals surface area (Å²) in [5.74, 6) is -0.730. The second-order valence-corrected chi connectivity index (χ2v) is 6.44. The third kappa shape index (κ3) is 4.47. The molecule has 3 N–H and O–H groups in total. The summed E-state index contributed by atoms with van der Waals surface area (Å²) in [6.45, 7) is 1.59. The number of rotatable bonds is 6. The van der Waals surface area contributed by atoms with E-state index in [4.69, 9.17) is 5.73 Å². The van der Waals surface area contributed by atoms with Crippen LogP contribution in [-0.4, -0.2) is 29.4 Å². The molecule has 10 heteroatoms. The Balaban J connectivity index is 2.46. The molecule has 2 rings (SSSR count). The van der Waals surface area contributed by atoms with E-state index in [-0.39, 0.29) is 12.2 Å². The van der Waals surface area contributed by atoms with Crippen LogP contribution in [0.3, 0.4) is 0 Å². The van der Waals surface area contributed by atoms with E-state index < -0.39 is 35.5 Å². The maximum atomic E-state index is 13.0. The molecule has 0 bridgehead atoms. The molecular weight excluding hydrogens is 402 g/mol. The van der Waals surface area contributed by atoms with Crippen LogP contribution in [0, 0.1) is 0 Å². The number of halogens is 6. The SMILES string of the molecule is CC(C(N)=O)N(Cc1ccccc1)c1ccc(C(O)(C(F)(F)F)C(F)(F)F)cc1. The van der Waals surface area contributed by atoms with E-state index in [0.29, 0.717) is 12.1 Å². The van der Waals surface area contributed by atoms with Gasteiger partial charge in [-0.15, -0.1) is 0 Å². The number of alkyl halides is 6. The van der Waals surface area contributed by atoms with Gasteiger partial charge < -0.3 is 15.7 Å². The zero-order valence-electron chi connectivity index (χ0n) is 15.1. The van der Waals surface area contributed by atoms with Crippen LogP contribution in [0.4, 0.5) is 32.0 Å². The van der Waals surface area contributed by atoms with Gasteiger partial charge in [0.1, 0.15) is 6.04 Å². The molecule has 2 aromatic carbocycles. The number of carbonyl (C=O) groups excluding carboxylic acids is 1. The van der Waals surface area contributed by atoms with Crippen molar-refractivity contribution in [2.45, 2.75) is 37.5 Å². The lowest BCUT2D eigenvalue weighted by molar-refractivity contribution is -0.376. The van der Waals surface area contributed by atoms with Crippen molar-refractivity contribution < 1.29 is 36.2 Å². The molecule has 0 aliphatic rings. The highest BCUT2D eigenvalue weighted by molar-refractivity contribution is 5.83. The van der Waals surface area contributed by atoms with Gasteiger partial charge in [-0.1, -0.05) is 42.5 Å². The van der Waals surface area contributed by atoms with E-state index in [9.17, 15) is 36.2 Å². The lowest BCUT2D eigenvalue weighted by Crippen LogP contribution is -2.53. The molecule has 0 saturated carbocycles. The monoisotopic (exact) mass is 420 g/mol. The summed E-state index contributed by atoms with van der Waals surface area (Å²) in [6, 6.07) is 10.8. The molecule has 0 spiro atoms. The van der Waals surface area contributed by atoms with Gasteiger partial charge in [-0.25, -0.2) is 0 Å². The molecule has 0 radical (unpaired) electrons. The third-order valence-electron chi connectivity index (χ3n) is 4.51. The number of hydrogen-bond acceptors (Lipinski definition) is 3. The standard InChI is InChI=1S/C19H18F6N2O2/c1-12(16(26)28)27(11-13-5-3-2-4-6-13)15-9-7-14(8-10-15)17(29,18(20,21)22)19(23,24)25/h2-10,12,29H,11H2,1H3,(H2,26,28). The summed E-state index contributed by atoms with van der Waals surface area (Å²) in [6.07, 6.45) is -12.0. The number of hydrogen-bond donors (Lipinski definition) is 2. The van der Waals surface area contributed by atoms with E-state index in [1.165, 1.54) is 11.8 Å². The number of nitrogens with two attached hydrogens (primary N) is 1. The molecule has 29 heavy (non-hydrogen) atoms. The highest BCUT2D eigenvalue weighted by Gasteiger charge is 2.71. The van der Waals surface area contributed by atoms with E-state index >= 15 is 0 Å². The minimum absolute atomic E-state index is 0.132. The number of aliphatic hydroxyl groups is 1. The maximum Gasteiger partial charge on any atom is 0.430 e. The molecule has 158 valence electrons. The van der Waals surface area contributed by atoms with Crippen molar-refractivity contribution in [3.63, 3.8) is 0 Å². The van der Waals surface area contributed by atoms with Crippen LogP contribution in [-0.2, 0) is 16.9 Å². The van der Waals surface area contributed by atoms with Crippen molar-refractivity contribution in [1.29, 1.82) is 0 Å². The molecule has 1 unspecified atom stereocenters. The van der Waals surface area contributed by atoms with Crippen molar-refractivity contribution in [2.75, 3.05) is 4.90 Å². The fraction of sp³-hybridized carbons (Fsp3) is 0.316. The summed E-state index contributed by atoms with van der Waals surface area (Å²) in [7, 11) is 0. The molecule has 0 saturated heterocycles. The Morgan fingerprint density at radius 2 is 1.45 bits per heavy atom. The average molecular weight is 420 g/mol. The minimum Gasteiger partial charge on any atom is -0.369 e. The van der Waals surface area contributed by atoms with Crippen molar-refractivity contribution in [1.82, 2.24) is 0 Å². The Bertz CT molecular complexity index is 821. The maximum absolute atomic E-state index is 13.0. The van der Waals surface area contributed by atoms with E-state index in [1.54, 1.807) is 30.3 Å². The van der Waals surface area contributed by atoms with Crippen molar-refractivity contribution >= 4 is 11.6 Å². The van der Waals surface area contributed by atoms with Crippen LogP contribution < -0.4 is 10.6 Å². The van der Waals surface area contributed by atoms with Gasteiger partial charge in [-0.05, 0) is 24.6 Å². The molecule has 0 fully saturated rings. The predicted octanol–water partition coefficient (Wildman–Crippen LogP) is 3.88. The molecule has 0 aliphatic carbocycles. The van der Waals surface area contributed by atoms with Crippen LogP contribution in [0.1, 0.15) is 18.1 Å². The molecule has 0 aliphatic heterocycles. The first-order chi connectivity index (χ1) is 13.3. The number of nitrogens with zero attached hydrogens (tertiary/aromatic N) is 1. The fourth-order valence-corrected chi connectivity index (χ4v) is 2.77. The molecule has 4 nitrogen and oxygen atoms in total. The number of amides is 1. The van der Waals surface area contributed by atoms with Crippen molar-refractivity contribution in [2.24, 2.45) is 5.73 Å². The first kappa shape index (κ1) is 22.5. The van der Waals surface area contributed by atoms with E-state index in [0.717, 1.165) is 17.7 Å². The first-order valence-electron chi connectivity index (χ1n) is 8.35. The summed E-state index contributed by atoms with van der Waals surface area (Å²) < 4.78 is 78.2. The van der Waals surface area contributed by atoms with Gasteiger partial charge in [0.25, 0.3) is 5.60 Å². The Morgan fingerprint density at radius 3 is 1.86 bits per heavy atom. The second-order valence-electron chi connectivity index (χ2n) is 6.44. The number of primary amides is 1. The smallest absolute Gasteiger partial charge is 0.369 e. The van der Waals surface area contributed by atoms with E-state index in [1.807, 2.05) is 0 Å². The fourth-order valence-electron chi connectivity index (χ4n) is 2.77. The predicted molar refractivity (Wildman–Crippen MR) is 93.7 cm³/mol. The highest BCUT2D eigenvalue weighted by atomic mass is 19.4. The summed E-state index contributed by atoms with van der Waals surface area (Å²) in [4.78, 5) is 13.1. The minimum atomic E-state index is -5.98. The van der Waals surface area contributed by atoms with Crippen LogP contribution in [0.2, 0.25) is 0 Å². The lowest BCUT2D eigenvalue weighted by atomic mass is 9.92. The summed E-state index contributed by atoms with van der Waals surface area (Å²) in [5, 5.41) is 9.48. The van der Waals surface area contributed by atoms with Gasteiger partial charge in [0.2, 0.25) is 5.91 Å². The molecule has 1 atom stereocenters. The van der Waals surface area contributed by atoms with Crippen molar-refractivity contribution in [3.05, 3.63) is 65.7 Å². The number of benzene rings is 2. The zero-order valence-corrected chi connectivity index (χ0v) is 15.1. The lowest BCUT2D eigenvalue weighted by Gasteiger charge is -2.34. The Hall–Kier alpha value is -2.75. The Morgan fingerprint density at radius 1 is 0.966 bits per heavy atom. The molecule has 2 aromatic rings. The summed E-state index contributed by atoms with van der Waals surface area (Å²) in [5.41, 5.74) is -0.170. The van der Waals surface area contributed by atoms with Crippen LogP contribution in [0.25, 0.3) is 0 Å². The third-order valence-corrected chi connectivity index (χ3v) is 4.51. The topological polar surface area (TPSA) is 66.6 Å². The second kappa shape index (κ2) is 7.94. The normalized spacial score (nSPS) is 13.8. The first-order valence-corrected chi connectivity index (χ1v) is 8.35. The summed E-state index contributed by atoms with van der Waals surface area (Å²) >= 11 is 0. The van der Waals surface area contributed by atoms with Gasteiger partial charge in [-0.2, -0.15) is 26.3 Å². The van der Waals surface area contributed by atoms with Gasteiger partial charge in [0.05, 0.1) is 0 Å². The van der Waals surface area contributed by atoms with Gasteiger partial charge in [0.15, 0.2) is 0 Å². The zero-order chi connectivity index (χ0) is 22.0. The van der Waals surface area contributed by atoms with Gasteiger partial charge >= 0.3 is 12.4 Å². The molecule has 0 aromatic heterocycles. The molecule has 0 heterocycles. The van der Waals surface area contributed by atoms with Gasteiger partial charge in [-0.3, -0.25) is 4.79 Å². The van der Waals surface area contributed by atoms with Crippen LogP contribution >= 0.6 is 0 Å². The quantitative estimate of drug-likeness (QED) is 0.698. The Labute approximate surface area is 162 Å². The Kier molecular flexibility index (Phi) is 6.17. The highest BCUT2D eigenvalue weighted by Crippen LogP contribution is 2.50. The molecule has 1 amide bonds. The molecular formula is C19H18F6N2O2. The van der Waals surface area contributed by atoms with Crippen molar-refractivity contribution in [3.8, 4) is 0 Å².